The molecule has 0 aliphatic rings. The van der Waals surface area contributed by atoms with Crippen LogP contribution in [0.25, 0.3) is 0 Å². The van der Waals surface area contributed by atoms with Gasteiger partial charge in [-0.1, -0.05) is 311 Å². The van der Waals surface area contributed by atoms with Gasteiger partial charge in [-0.05, 0) is 122 Å². The largest absolute Gasteiger partial charge is 0.462 e. The first-order valence-electron chi connectivity index (χ1n) is 35.7. The molecule has 0 aliphatic heterocycles. The molecule has 6 nitrogen and oxygen atoms in total. The summed E-state index contributed by atoms with van der Waals surface area (Å²) in [6.45, 7) is 6.54. The highest BCUT2D eigenvalue weighted by molar-refractivity contribution is 5.71. The van der Waals surface area contributed by atoms with Gasteiger partial charge in [-0.2, -0.15) is 0 Å². The zero-order valence-corrected chi connectivity index (χ0v) is 54.9. The molecule has 0 spiro atoms. The fourth-order valence-corrected chi connectivity index (χ4v) is 10.2. The normalized spacial score (nSPS) is 12.7. The summed E-state index contributed by atoms with van der Waals surface area (Å²) >= 11 is 0. The van der Waals surface area contributed by atoms with Crippen LogP contribution < -0.4 is 0 Å². The minimum atomic E-state index is -0.790. The summed E-state index contributed by atoms with van der Waals surface area (Å²) in [5, 5.41) is 0. The molecule has 6 heteroatoms. The zero-order chi connectivity index (χ0) is 59.9. The lowest BCUT2D eigenvalue weighted by Crippen LogP contribution is -2.30. The molecule has 0 fully saturated rings. The van der Waals surface area contributed by atoms with Crippen LogP contribution in [0.3, 0.4) is 0 Å². The Hall–Kier alpha value is -3.67. The summed E-state index contributed by atoms with van der Waals surface area (Å²) in [5.41, 5.74) is 0. The highest BCUT2D eigenvalue weighted by Crippen LogP contribution is 2.17. The molecule has 0 radical (unpaired) electrons. The molecular weight excluding hydrogens is 1020 g/mol. The molecule has 0 saturated carbocycles. The van der Waals surface area contributed by atoms with Crippen molar-refractivity contribution in [1.82, 2.24) is 0 Å². The van der Waals surface area contributed by atoms with Crippen LogP contribution in [0.15, 0.2) is 97.2 Å². The van der Waals surface area contributed by atoms with E-state index < -0.39 is 6.10 Å². The topological polar surface area (TPSA) is 78.9 Å². The third-order valence-corrected chi connectivity index (χ3v) is 15.5. The lowest BCUT2D eigenvalue weighted by atomic mass is 10.0. The van der Waals surface area contributed by atoms with E-state index >= 15 is 0 Å². The van der Waals surface area contributed by atoms with Gasteiger partial charge in [-0.3, -0.25) is 14.4 Å². The van der Waals surface area contributed by atoms with Crippen molar-refractivity contribution in [2.45, 2.75) is 361 Å². The first-order chi connectivity index (χ1) is 41.0. The van der Waals surface area contributed by atoms with Crippen LogP contribution in [0.1, 0.15) is 355 Å². The maximum atomic E-state index is 13.0. The highest BCUT2D eigenvalue weighted by atomic mass is 16.6. The lowest BCUT2D eigenvalue weighted by molar-refractivity contribution is -0.167. The zero-order valence-electron chi connectivity index (χ0n) is 54.9. The summed E-state index contributed by atoms with van der Waals surface area (Å²) < 4.78 is 17.0. The molecule has 0 amide bonds. The molecule has 83 heavy (non-hydrogen) atoms. The van der Waals surface area contributed by atoms with Gasteiger partial charge in [0.05, 0.1) is 0 Å². The molecule has 0 heterocycles. The third-order valence-electron chi connectivity index (χ3n) is 15.5. The molecule has 478 valence electrons. The van der Waals surface area contributed by atoms with E-state index in [0.717, 1.165) is 103 Å². The number of carbonyl (C=O) groups excluding carboxylic acids is 3. The number of rotatable bonds is 65. The number of esters is 3. The molecule has 0 aliphatic carbocycles. The molecule has 0 aromatic carbocycles. The van der Waals surface area contributed by atoms with E-state index in [4.69, 9.17) is 14.2 Å². The Kier molecular flexibility index (Phi) is 67.7. The third kappa shape index (κ3) is 69.0. The highest BCUT2D eigenvalue weighted by Gasteiger charge is 2.19. The Balaban J connectivity index is 4.39. The quantitative estimate of drug-likeness (QED) is 0.0261. The van der Waals surface area contributed by atoms with Crippen LogP contribution in [0.2, 0.25) is 0 Å². The summed E-state index contributed by atoms with van der Waals surface area (Å²) in [5.74, 6) is -0.887. The summed E-state index contributed by atoms with van der Waals surface area (Å²) in [7, 11) is 0. The van der Waals surface area contributed by atoms with Gasteiger partial charge in [0.1, 0.15) is 13.2 Å². The lowest BCUT2D eigenvalue weighted by Gasteiger charge is -2.18. The predicted octanol–water partition coefficient (Wildman–Crippen LogP) is 24.8. The van der Waals surface area contributed by atoms with Gasteiger partial charge in [0.15, 0.2) is 6.10 Å². The maximum absolute atomic E-state index is 13.0. The second-order valence-electron chi connectivity index (χ2n) is 23.8. The molecule has 0 bridgehead atoms. The molecule has 0 aromatic heterocycles. The number of unbranched alkanes of at least 4 members (excludes halogenated alkanes) is 38. The molecule has 0 saturated heterocycles. The van der Waals surface area contributed by atoms with Gasteiger partial charge in [-0.25, -0.2) is 0 Å². The van der Waals surface area contributed by atoms with Crippen LogP contribution in [0.4, 0.5) is 0 Å². The van der Waals surface area contributed by atoms with E-state index in [1.165, 1.54) is 212 Å². The van der Waals surface area contributed by atoms with Crippen LogP contribution in [0.5, 0.6) is 0 Å². The second-order valence-corrected chi connectivity index (χ2v) is 23.8. The minimum Gasteiger partial charge on any atom is -0.462 e. The Bertz CT molecular complexity index is 1610. The molecule has 0 rings (SSSR count). The van der Waals surface area contributed by atoms with Gasteiger partial charge in [-0.15, -0.1) is 0 Å². The minimum absolute atomic E-state index is 0.0839. The Morgan fingerprint density at radius 1 is 0.253 bits per heavy atom. The van der Waals surface area contributed by atoms with Gasteiger partial charge < -0.3 is 14.2 Å². The maximum Gasteiger partial charge on any atom is 0.306 e. The van der Waals surface area contributed by atoms with Gasteiger partial charge >= 0.3 is 17.9 Å². The Labute approximate surface area is 515 Å². The van der Waals surface area contributed by atoms with Crippen molar-refractivity contribution in [3.8, 4) is 0 Å². The first kappa shape index (κ1) is 79.3. The monoisotopic (exact) mass is 1160 g/mol. The first-order valence-corrected chi connectivity index (χ1v) is 35.7. The van der Waals surface area contributed by atoms with Gasteiger partial charge in [0, 0.05) is 19.3 Å². The van der Waals surface area contributed by atoms with Crippen LogP contribution >= 0.6 is 0 Å². The van der Waals surface area contributed by atoms with Crippen molar-refractivity contribution >= 4 is 17.9 Å². The number of hydrogen-bond acceptors (Lipinski definition) is 6. The standard InChI is InChI=1S/C77H134O6/c1-4-7-10-13-16-19-22-25-28-31-34-36-37-38-39-41-43-46-49-52-55-58-61-64-67-70-76(79)82-73-74(72-81-75(78)69-66-63-60-57-54-51-48-45-42-33-30-27-24-21-18-15-12-9-6-3)83-77(80)71-68-65-62-59-56-53-50-47-44-40-35-32-29-26-23-20-17-14-11-8-5-2/h9,12,18,21-22,25,27,30-32,34-35,37-38,42,45,74H,4-8,10-11,13-17,19-20,23-24,26,28-29,33,36,39-41,43-44,46-73H2,1-3H3/b12-9-,21-18-,25-22-,30-27-,34-31-,35-32-,38-37-,45-42-. The molecule has 0 aromatic rings. The molecular formula is C77H134O6. The van der Waals surface area contributed by atoms with Crippen molar-refractivity contribution < 1.29 is 28.6 Å². The van der Waals surface area contributed by atoms with Gasteiger partial charge in [0.2, 0.25) is 0 Å². The predicted molar refractivity (Wildman–Crippen MR) is 362 cm³/mol. The van der Waals surface area contributed by atoms with E-state index in [0.29, 0.717) is 19.3 Å². The molecule has 1 atom stereocenters. The number of ether oxygens (including phenoxy) is 3. The van der Waals surface area contributed by atoms with Crippen molar-refractivity contribution in [1.29, 1.82) is 0 Å². The summed E-state index contributed by atoms with van der Waals surface area (Å²) in [6.07, 6.45) is 95.7. The van der Waals surface area contributed by atoms with E-state index in [9.17, 15) is 14.4 Å². The van der Waals surface area contributed by atoms with Crippen LogP contribution in [0, 0.1) is 0 Å². The van der Waals surface area contributed by atoms with E-state index in [-0.39, 0.29) is 31.1 Å². The number of allylic oxidation sites excluding steroid dienone is 16. The van der Waals surface area contributed by atoms with Crippen molar-refractivity contribution in [3.05, 3.63) is 97.2 Å². The van der Waals surface area contributed by atoms with Crippen molar-refractivity contribution in [2.75, 3.05) is 13.2 Å². The average Bonchev–Trinajstić information content (AvgIpc) is 3.49. The van der Waals surface area contributed by atoms with Crippen molar-refractivity contribution in [3.63, 3.8) is 0 Å². The van der Waals surface area contributed by atoms with Gasteiger partial charge in [0.25, 0.3) is 0 Å². The Morgan fingerprint density at radius 2 is 0.470 bits per heavy atom. The Morgan fingerprint density at radius 3 is 0.747 bits per heavy atom. The molecule has 0 N–H and O–H groups in total. The van der Waals surface area contributed by atoms with E-state index in [1.807, 2.05) is 0 Å². The van der Waals surface area contributed by atoms with E-state index in [2.05, 4.69) is 118 Å². The SMILES string of the molecule is CC/C=C\C/C=C\C/C=C\C/C=C\CCCCCCCCC(=O)OCC(COC(=O)CCCCCCCCCCCC/C=C\C/C=C\C/C=C\CCCCCCC)OC(=O)CCCCCCCCCCC/C=C\CCCCCCCCCC. The van der Waals surface area contributed by atoms with Crippen LogP contribution in [-0.4, -0.2) is 37.2 Å². The number of carbonyl (C=O) groups is 3. The van der Waals surface area contributed by atoms with Crippen molar-refractivity contribution in [2.24, 2.45) is 0 Å². The van der Waals surface area contributed by atoms with Crippen LogP contribution in [-0.2, 0) is 28.6 Å². The summed E-state index contributed by atoms with van der Waals surface area (Å²) in [6, 6.07) is 0. The number of hydrogen-bond donors (Lipinski definition) is 0. The fraction of sp³-hybridized carbons (Fsp3) is 0.753. The second kappa shape index (κ2) is 70.8. The smallest absolute Gasteiger partial charge is 0.306 e. The molecule has 1 unspecified atom stereocenters. The summed E-state index contributed by atoms with van der Waals surface area (Å²) in [4.78, 5) is 38.5. The fourth-order valence-electron chi connectivity index (χ4n) is 10.2. The van der Waals surface area contributed by atoms with E-state index in [1.54, 1.807) is 0 Å². The average molecular weight is 1160 g/mol.